The van der Waals surface area contributed by atoms with Crippen LogP contribution in [-0.4, -0.2) is 58.0 Å². The third-order valence-corrected chi connectivity index (χ3v) is 7.15. The summed E-state index contributed by atoms with van der Waals surface area (Å²) in [5.74, 6) is -1.78. The van der Waals surface area contributed by atoms with Gasteiger partial charge in [-0.3, -0.25) is 4.79 Å². The first-order chi connectivity index (χ1) is 16.0. The number of amides is 1. The first kappa shape index (κ1) is 26.9. The minimum atomic E-state index is -4.72. The van der Waals surface area contributed by atoms with E-state index < -0.39 is 45.3 Å². The Hall–Kier alpha value is -2.70. The van der Waals surface area contributed by atoms with E-state index in [1.807, 2.05) is 0 Å². The van der Waals surface area contributed by atoms with Gasteiger partial charge in [0.2, 0.25) is 0 Å². The maximum Gasteiger partial charge on any atom is 0.425 e. The number of hydrogen-bond donors (Lipinski definition) is 0. The minimum Gasteiger partial charge on any atom is -0.495 e. The van der Waals surface area contributed by atoms with Crippen LogP contribution in [0.4, 0.5) is 26.3 Å². The van der Waals surface area contributed by atoms with Crippen LogP contribution in [0, 0.1) is 0 Å². The highest BCUT2D eigenvalue weighted by Gasteiger charge is 2.43. The standard InChI is InChI=1S/C22H23F6NO5S/c1-12(21(23,24)25)34-16-8-9-17(35(3,31)32)19(33-2)18(16)20(30)29-10-14(11-29)13-4-6-15(7-5-13)22(26,27)28/h4-7,12,14H,8-11H2,1-3H3/t12-/m0/s1. The van der Waals surface area contributed by atoms with Crippen molar-refractivity contribution in [3.05, 3.63) is 57.4 Å². The summed E-state index contributed by atoms with van der Waals surface area (Å²) in [5, 5.41) is 0. The van der Waals surface area contributed by atoms with Crippen LogP contribution >= 0.6 is 0 Å². The van der Waals surface area contributed by atoms with Crippen LogP contribution in [0.2, 0.25) is 0 Å². The quantitative estimate of drug-likeness (QED) is 0.508. The Labute approximate surface area is 198 Å². The maximum atomic E-state index is 13.3. The van der Waals surface area contributed by atoms with Crippen LogP contribution in [0.25, 0.3) is 0 Å². The number of halogens is 6. The van der Waals surface area contributed by atoms with Crippen LogP contribution in [0.3, 0.4) is 0 Å². The normalized spacial score (nSPS) is 18.9. The third kappa shape index (κ3) is 5.76. The van der Waals surface area contributed by atoms with E-state index in [1.165, 1.54) is 17.0 Å². The lowest BCUT2D eigenvalue weighted by Crippen LogP contribution is -2.49. The average molecular weight is 527 g/mol. The molecule has 1 saturated heterocycles. The van der Waals surface area contributed by atoms with Gasteiger partial charge in [0.05, 0.1) is 17.6 Å². The molecule has 0 aromatic heterocycles. The Morgan fingerprint density at radius 2 is 1.63 bits per heavy atom. The molecule has 1 aliphatic carbocycles. The number of ether oxygens (including phenoxy) is 2. The molecule has 6 nitrogen and oxygen atoms in total. The van der Waals surface area contributed by atoms with E-state index in [-0.39, 0.29) is 48.3 Å². The second-order valence-corrected chi connectivity index (χ2v) is 10.4. The van der Waals surface area contributed by atoms with Crippen molar-refractivity contribution in [1.29, 1.82) is 0 Å². The highest BCUT2D eigenvalue weighted by atomic mass is 32.2. The molecule has 0 radical (unpaired) electrons. The SMILES string of the molecule is COC1=C(S(C)(=O)=O)CCC(O[C@@H](C)C(F)(F)F)=C1C(=O)N1CC(c2ccc(C(F)(F)F)cc2)C1. The summed E-state index contributed by atoms with van der Waals surface area (Å²) in [4.78, 5) is 14.3. The Morgan fingerprint density at radius 3 is 2.09 bits per heavy atom. The Balaban J connectivity index is 1.89. The van der Waals surface area contributed by atoms with Gasteiger partial charge in [-0.05, 0) is 31.0 Å². The monoisotopic (exact) mass is 527 g/mol. The number of sulfone groups is 1. The summed E-state index contributed by atoms with van der Waals surface area (Å²) >= 11 is 0. The molecule has 1 atom stereocenters. The molecule has 1 fully saturated rings. The first-order valence-electron chi connectivity index (χ1n) is 10.4. The van der Waals surface area contributed by atoms with Gasteiger partial charge in [-0.15, -0.1) is 0 Å². The van der Waals surface area contributed by atoms with Gasteiger partial charge in [0, 0.05) is 31.7 Å². The average Bonchev–Trinajstić information content (AvgIpc) is 2.70. The van der Waals surface area contributed by atoms with Crippen molar-refractivity contribution in [2.45, 2.75) is 44.1 Å². The summed E-state index contributed by atoms with van der Waals surface area (Å²) in [7, 11) is -2.74. The van der Waals surface area contributed by atoms with Crippen molar-refractivity contribution in [1.82, 2.24) is 4.90 Å². The summed E-state index contributed by atoms with van der Waals surface area (Å²) in [5.41, 5.74) is -0.660. The van der Waals surface area contributed by atoms with Crippen molar-refractivity contribution < 1.29 is 49.0 Å². The zero-order chi connectivity index (χ0) is 26.3. The molecule has 3 rings (SSSR count). The number of nitrogens with zero attached hydrogens (tertiary/aromatic N) is 1. The van der Waals surface area contributed by atoms with E-state index in [0.717, 1.165) is 32.4 Å². The van der Waals surface area contributed by atoms with E-state index in [9.17, 15) is 39.6 Å². The van der Waals surface area contributed by atoms with E-state index in [0.29, 0.717) is 5.56 Å². The Morgan fingerprint density at radius 1 is 1.06 bits per heavy atom. The lowest BCUT2D eigenvalue weighted by Gasteiger charge is -2.41. The molecule has 35 heavy (non-hydrogen) atoms. The summed E-state index contributed by atoms with van der Waals surface area (Å²) in [6.07, 6.45) is -11.0. The number of benzene rings is 1. The minimum absolute atomic E-state index is 0.0704. The highest BCUT2D eigenvalue weighted by Crippen LogP contribution is 2.39. The molecule has 0 bridgehead atoms. The number of methoxy groups -OCH3 is 1. The summed E-state index contributed by atoms with van der Waals surface area (Å²) in [6, 6.07) is 4.46. The van der Waals surface area contributed by atoms with Gasteiger partial charge < -0.3 is 14.4 Å². The largest absolute Gasteiger partial charge is 0.495 e. The number of allylic oxidation sites excluding steroid dienone is 2. The molecular formula is C22H23F6NO5S. The first-order valence-corrected chi connectivity index (χ1v) is 12.3. The summed E-state index contributed by atoms with van der Waals surface area (Å²) < 4.78 is 112. The molecule has 194 valence electrons. The molecule has 13 heteroatoms. The van der Waals surface area contributed by atoms with Gasteiger partial charge in [0.1, 0.15) is 17.1 Å². The number of hydrogen-bond acceptors (Lipinski definition) is 5. The number of alkyl halides is 6. The van der Waals surface area contributed by atoms with Gasteiger partial charge in [-0.1, -0.05) is 12.1 Å². The fraction of sp³-hybridized carbons (Fsp3) is 0.500. The van der Waals surface area contributed by atoms with Gasteiger partial charge in [0.25, 0.3) is 5.91 Å². The molecule has 1 amide bonds. The highest BCUT2D eigenvalue weighted by molar-refractivity contribution is 7.94. The number of carbonyl (C=O) groups excluding carboxylic acids is 1. The topological polar surface area (TPSA) is 72.9 Å². The van der Waals surface area contributed by atoms with Crippen molar-refractivity contribution in [3.8, 4) is 0 Å². The molecule has 1 heterocycles. The second-order valence-electron chi connectivity index (χ2n) is 8.36. The number of carbonyl (C=O) groups is 1. The molecule has 0 spiro atoms. The van der Waals surface area contributed by atoms with Gasteiger partial charge in [-0.25, -0.2) is 8.42 Å². The van der Waals surface area contributed by atoms with Gasteiger partial charge >= 0.3 is 12.4 Å². The molecule has 1 aromatic carbocycles. The van der Waals surface area contributed by atoms with Gasteiger partial charge in [0.15, 0.2) is 15.9 Å². The molecule has 0 saturated carbocycles. The zero-order valence-corrected chi connectivity index (χ0v) is 19.8. The third-order valence-electron chi connectivity index (χ3n) is 5.86. The van der Waals surface area contributed by atoms with Crippen molar-refractivity contribution in [3.63, 3.8) is 0 Å². The second kappa shape index (κ2) is 9.40. The summed E-state index contributed by atoms with van der Waals surface area (Å²) in [6.45, 7) is 0.906. The van der Waals surface area contributed by atoms with E-state index in [4.69, 9.17) is 9.47 Å². The Bertz CT molecular complexity index is 1150. The van der Waals surface area contributed by atoms with Crippen LogP contribution in [0.1, 0.15) is 36.8 Å². The van der Waals surface area contributed by atoms with Crippen LogP contribution in [0.15, 0.2) is 46.3 Å². The Kier molecular flexibility index (Phi) is 7.22. The fourth-order valence-electron chi connectivity index (χ4n) is 3.87. The smallest absolute Gasteiger partial charge is 0.425 e. The van der Waals surface area contributed by atoms with Crippen molar-refractivity contribution in [2.75, 3.05) is 26.5 Å². The van der Waals surface area contributed by atoms with E-state index in [2.05, 4.69) is 0 Å². The van der Waals surface area contributed by atoms with Crippen LogP contribution in [-0.2, 0) is 30.3 Å². The number of likely N-dealkylation sites (tertiary alicyclic amines) is 1. The molecular weight excluding hydrogens is 504 g/mol. The van der Waals surface area contributed by atoms with E-state index >= 15 is 0 Å². The van der Waals surface area contributed by atoms with Crippen LogP contribution in [0.5, 0.6) is 0 Å². The zero-order valence-electron chi connectivity index (χ0n) is 19.0. The predicted molar refractivity (Wildman–Crippen MR) is 113 cm³/mol. The fourth-order valence-corrected chi connectivity index (χ4v) is 4.87. The molecule has 0 N–H and O–H groups in total. The van der Waals surface area contributed by atoms with Gasteiger partial charge in [-0.2, -0.15) is 26.3 Å². The molecule has 1 aliphatic heterocycles. The lowest BCUT2D eigenvalue weighted by atomic mass is 9.89. The molecule has 2 aliphatic rings. The molecule has 1 aromatic rings. The lowest BCUT2D eigenvalue weighted by molar-refractivity contribution is -0.204. The van der Waals surface area contributed by atoms with Crippen LogP contribution < -0.4 is 0 Å². The van der Waals surface area contributed by atoms with E-state index in [1.54, 1.807) is 0 Å². The molecule has 0 unspecified atom stereocenters. The maximum absolute atomic E-state index is 13.3. The number of rotatable bonds is 6. The van der Waals surface area contributed by atoms with Crippen molar-refractivity contribution in [2.24, 2.45) is 0 Å². The van der Waals surface area contributed by atoms with Crippen molar-refractivity contribution >= 4 is 15.7 Å². The predicted octanol–water partition coefficient (Wildman–Crippen LogP) is 4.55.